The standard InChI is InChI=1S/C28H38N4O4/c33-26(21-32-12-10-23-6-1-2-7-25(23)20-32)18-29-28(36)24-8-3-5-22(17-24)19-31-15-13-30(14-16-31)11-4-9-27(34)35/h1-3,5-8,17,26,33H,4,9-16,18-21H2,(H,29,36)(H,34,35). The highest BCUT2D eigenvalue weighted by atomic mass is 16.4. The molecule has 4 rings (SSSR count). The van der Waals surface area contributed by atoms with Crippen LogP contribution < -0.4 is 5.32 Å². The molecule has 2 aliphatic heterocycles. The third-order valence-corrected chi connectivity index (χ3v) is 7.10. The van der Waals surface area contributed by atoms with Gasteiger partial charge in [-0.25, -0.2) is 0 Å². The second kappa shape index (κ2) is 13.0. The van der Waals surface area contributed by atoms with Crippen LogP contribution in [0.15, 0.2) is 48.5 Å². The van der Waals surface area contributed by atoms with Crippen LogP contribution in [0, 0.1) is 0 Å². The molecule has 3 N–H and O–H groups in total. The average Bonchev–Trinajstić information content (AvgIpc) is 2.88. The molecule has 2 aromatic carbocycles. The summed E-state index contributed by atoms with van der Waals surface area (Å²) >= 11 is 0. The Balaban J connectivity index is 1.18. The summed E-state index contributed by atoms with van der Waals surface area (Å²) in [4.78, 5) is 30.4. The predicted molar refractivity (Wildman–Crippen MR) is 139 cm³/mol. The molecule has 1 atom stereocenters. The van der Waals surface area contributed by atoms with Gasteiger partial charge in [0, 0.05) is 70.9 Å². The fourth-order valence-electron chi connectivity index (χ4n) is 5.08. The van der Waals surface area contributed by atoms with Crippen molar-refractivity contribution < 1.29 is 19.8 Å². The quantitative estimate of drug-likeness (QED) is 0.439. The van der Waals surface area contributed by atoms with Crippen molar-refractivity contribution in [1.29, 1.82) is 0 Å². The number of aliphatic carboxylic acids is 1. The summed E-state index contributed by atoms with van der Waals surface area (Å²) in [6.07, 6.45) is 1.28. The van der Waals surface area contributed by atoms with E-state index in [1.54, 1.807) is 0 Å². The predicted octanol–water partition coefficient (Wildman–Crippen LogP) is 1.82. The molecular weight excluding hydrogens is 456 g/mol. The largest absolute Gasteiger partial charge is 0.481 e. The van der Waals surface area contributed by atoms with Gasteiger partial charge in [0.15, 0.2) is 0 Å². The Morgan fingerprint density at radius 3 is 2.44 bits per heavy atom. The van der Waals surface area contributed by atoms with Gasteiger partial charge in [-0.05, 0) is 48.2 Å². The maximum absolute atomic E-state index is 12.7. The molecule has 0 aliphatic carbocycles. The molecular formula is C28H38N4O4. The van der Waals surface area contributed by atoms with Crippen LogP contribution >= 0.6 is 0 Å². The number of carbonyl (C=O) groups excluding carboxylic acids is 1. The molecule has 0 saturated carbocycles. The van der Waals surface area contributed by atoms with Crippen LogP contribution in [0.3, 0.4) is 0 Å². The fourth-order valence-corrected chi connectivity index (χ4v) is 5.08. The number of aliphatic hydroxyl groups excluding tert-OH is 1. The number of carboxylic acids is 1. The topological polar surface area (TPSA) is 96.3 Å². The minimum absolute atomic E-state index is 0.164. The summed E-state index contributed by atoms with van der Waals surface area (Å²) < 4.78 is 0. The lowest BCUT2D eigenvalue weighted by Gasteiger charge is -2.34. The highest BCUT2D eigenvalue weighted by Gasteiger charge is 2.20. The Labute approximate surface area is 213 Å². The summed E-state index contributed by atoms with van der Waals surface area (Å²) in [5, 5.41) is 22.2. The Hall–Kier alpha value is -2.78. The van der Waals surface area contributed by atoms with Crippen LogP contribution in [0.2, 0.25) is 0 Å². The number of carbonyl (C=O) groups is 2. The van der Waals surface area contributed by atoms with E-state index in [4.69, 9.17) is 5.11 Å². The fraction of sp³-hybridized carbons (Fsp3) is 0.500. The average molecular weight is 495 g/mol. The van der Waals surface area contributed by atoms with E-state index in [0.29, 0.717) is 18.5 Å². The number of rotatable bonds is 11. The van der Waals surface area contributed by atoms with E-state index in [1.165, 1.54) is 11.1 Å². The van der Waals surface area contributed by atoms with Crippen LogP contribution in [-0.2, 0) is 24.3 Å². The van der Waals surface area contributed by atoms with Gasteiger partial charge in [0.05, 0.1) is 6.10 Å². The monoisotopic (exact) mass is 494 g/mol. The normalized spacial score (nSPS) is 17.9. The molecule has 0 spiro atoms. The number of hydrogen-bond donors (Lipinski definition) is 3. The Morgan fingerprint density at radius 2 is 1.67 bits per heavy atom. The molecule has 2 aromatic rings. The van der Waals surface area contributed by atoms with E-state index >= 15 is 0 Å². The minimum atomic E-state index is -0.736. The summed E-state index contributed by atoms with van der Waals surface area (Å²) in [6.45, 7) is 7.84. The molecule has 2 heterocycles. The van der Waals surface area contributed by atoms with Gasteiger partial charge in [-0.15, -0.1) is 0 Å². The van der Waals surface area contributed by atoms with Crippen molar-refractivity contribution in [1.82, 2.24) is 20.0 Å². The van der Waals surface area contributed by atoms with Crippen LogP contribution in [-0.4, -0.2) is 95.3 Å². The summed E-state index contributed by atoms with van der Waals surface area (Å²) in [5.74, 6) is -0.900. The third kappa shape index (κ3) is 7.86. The maximum Gasteiger partial charge on any atom is 0.303 e. The van der Waals surface area contributed by atoms with E-state index in [1.807, 2.05) is 24.3 Å². The van der Waals surface area contributed by atoms with Gasteiger partial charge in [0.2, 0.25) is 0 Å². The number of fused-ring (bicyclic) bond motifs is 1. The SMILES string of the molecule is O=C(O)CCCN1CCN(Cc2cccc(C(=O)NCC(O)CN3CCc4ccccc4C3)c2)CC1. The molecule has 8 nitrogen and oxygen atoms in total. The second-order valence-corrected chi connectivity index (χ2v) is 9.93. The van der Waals surface area contributed by atoms with Crippen LogP contribution in [0.5, 0.6) is 0 Å². The molecule has 194 valence electrons. The van der Waals surface area contributed by atoms with Gasteiger partial charge >= 0.3 is 5.97 Å². The molecule has 0 radical (unpaired) electrons. The minimum Gasteiger partial charge on any atom is -0.481 e. The lowest BCUT2D eigenvalue weighted by atomic mass is 10.00. The molecule has 36 heavy (non-hydrogen) atoms. The number of amides is 1. The van der Waals surface area contributed by atoms with Crippen molar-refractivity contribution >= 4 is 11.9 Å². The van der Waals surface area contributed by atoms with Crippen LogP contribution in [0.25, 0.3) is 0 Å². The lowest BCUT2D eigenvalue weighted by molar-refractivity contribution is -0.137. The zero-order valence-corrected chi connectivity index (χ0v) is 20.9. The van der Waals surface area contributed by atoms with Gasteiger partial charge in [-0.2, -0.15) is 0 Å². The van der Waals surface area contributed by atoms with Crippen molar-refractivity contribution in [3.05, 3.63) is 70.8 Å². The third-order valence-electron chi connectivity index (χ3n) is 7.10. The number of carboxylic acid groups (broad SMARTS) is 1. The number of piperazine rings is 1. The van der Waals surface area contributed by atoms with Crippen molar-refractivity contribution in [3.8, 4) is 0 Å². The Kier molecular flexibility index (Phi) is 9.47. The lowest BCUT2D eigenvalue weighted by Crippen LogP contribution is -2.46. The summed E-state index contributed by atoms with van der Waals surface area (Å²) in [5.41, 5.74) is 4.40. The number of nitrogens with zero attached hydrogens (tertiary/aromatic N) is 3. The van der Waals surface area contributed by atoms with Gasteiger partial charge in [-0.1, -0.05) is 36.4 Å². The van der Waals surface area contributed by atoms with Gasteiger partial charge in [-0.3, -0.25) is 19.4 Å². The Bertz CT molecular complexity index is 1020. The molecule has 1 fully saturated rings. The van der Waals surface area contributed by atoms with E-state index in [2.05, 4.69) is 44.3 Å². The van der Waals surface area contributed by atoms with Crippen LogP contribution in [0.1, 0.15) is 39.9 Å². The zero-order valence-electron chi connectivity index (χ0n) is 20.9. The number of aliphatic hydroxyl groups is 1. The van der Waals surface area contributed by atoms with E-state index < -0.39 is 12.1 Å². The van der Waals surface area contributed by atoms with E-state index in [0.717, 1.165) is 64.3 Å². The highest BCUT2D eigenvalue weighted by Crippen LogP contribution is 2.18. The molecule has 2 aliphatic rings. The summed E-state index contributed by atoms with van der Waals surface area (Å²) in [7, 11) is 0. The zero-order chi connectivity index (χ0) is 25.3. The first-order valence-corrected chi connectivity index (χ1v) is 13.0. The number of nitrogens with one attached hydrogen (secondary N) is 1. The molecule has 1 unspecified atom stereocenters. The van der Waals surface area contributed by atoms with Crippen molar-refractivity contribution in [2.75, 3.05) is 52.4 Å². The first-order valence-electron chi connectivity index (χ1n) is 13.0. The smallest absolute Gasteiger partial charge is 0.303 e. The summed E-state index contributed by atoms with van der Waals surface area (Å²) in [6, 6.07) is 16.1. The van der Waals surface area contributed by atoms with E-state index in [9.17, 15) is 14.7 Å². The number of β-amino-alcohol motifs (C(OH)–C–C–N with tert-alkyl or cyclic N) is 1. The van der Waals surface area contributed by atoms with Crippen molar-refractivity contribution in [2.45, 2.75) is 38.5 Å². The van der Waals surface area contributed by atoms with Crippen molar-refractivity contribution in [3.63, 3.8) is 0 Å². The van der Waals surface area contributed by atoms with Crippen LogP contribution in [0.4, 0.5) is 0 Å². The highest BCUT2D eigenvalue weighted by molar-refractivity contribution is 5.94. The first kappa shape index (κ1) is 26.3. The maximum atomic E-state index is 12.7. The van der Waals surface area contributed by atoms with E-state index in [-0.39, 0.29) is 18.9 Å². The van der Waals surface area contributed by atoms with Gasteiger partial charge in [0.1, 0.15) is 0 Å². The molecule has 1 amide bonds. The Morgan fingerprint density at radius 1 is 0.917 bits per heavy atom. The molecule has 8 heteroatoms. The molecule has 1 saturated heterocycles. The van der Waals surface area contributed by atoms with Gasteiger partial charge in [0.25, 0.3) is 5.91 Å². The molecule has 0 bridgehead atoms. The first-order chi connectivity index (χ1) is 17.5. The van der Waals surface area contributed by atoms with Gasteiger partial charge < -0.3 is 20.4 Å². The number of benzene rings is 2. The number of hydrogen-bond acceptors (Lipinski definition) is 6. The van der Waals surface area contributed by atoms with Crippen molar-refractivity contribution in [2.24, 2.45) is 0 Å². The second-order valence-electron chi connectivity index (χ2n) is 9.93. The molecule has 0 aromatic heterocycles.